The summed E-state index contributed by atoms with van der Waals surface area (Å²) in [5, 5.41) is 4.73. The molecule has 0 radical (unpaired) electrons. The summed E-state index contributed by atoms with van der Waals surface area (Å²) in [5.74, 6) is 1.61. The predicted octanol–water partition coefficient (Wildman–Crippen LogP) is 7.18. The highest BCUT2D eigenvalue weighted by Crippen LogP contribution is 2.41. The number of fused-ring (bicyclic) bond motifs is 1. The van der Waals surface area contributed by atoms with Gasteiger partial charge in [-0.05, 0) is 81.5 Å². The second-order valence-electron chi connectivity index (χ2n) is 10.1. The van der Waals surface area contributed by atoms with E-state index in [1.165, 1.54) is 0 Å². The van der Waals surface area contributed by atoms with Crippen LogP contribution in [-0.2, 0) is 9.47 Å². The summed E-state index contributed by atoms with van der Waals surface area (Å²) in [6, 6.07) is 13.4. The molecule has 3 heterocycles. The molecule has 2 aromatic heterocycles. The predicted molar refractivity (Wildman–Crippen MR) is 146 cm³/mol. The van der Waals surface area contributed by atoms with Crippen LogP contribution in [0.5, 0.6) is 0 Å². The van der Waals surface area contributed by atoms with E-state index in [1.54, 1.807) is 17.0 Å². The van der Waals surface area contributed by atoms with E-state index < -0.39 is 6.09 Å². The molecule has 4 aromatic rings. The molecule has 1 saturated carbocycles. The van der Waals surface area contributed by atoms with Crippen molar-refractivity contribution < 1.29 is 20.2 Å². The highest BCUT2D eigenvalue weighted by Gasteiger charge is 2.37. The lowest BCUT2D eigenvalue weighted by Gasteiger charge is -2.37. The van der Waals surface area contributed by atoms with E-state index in [-0.39, 0.29) is 25.3 Å². The number of cyclic esters (lactones) is 1. The highest BCUT2D eigenvalue weighted by atomic mass is 35.5. The van der Waals surface area contributed by atoms with E-state index in [0.29, 0.717) is 18.1 Å². The first-order chi connectivity index (χ1) is 18.9. The molecular formula is C29H31ClN4O4. The van der Waals surface area contributed by atoms with Crippen molar-refractivity contribution in [2.75, 3.05) is 18.6 Å². The average Bonchev–Trinajstić information content (AvgIpc) is 3.48. The van der Waals surface area contributed by atoms with Crippen molar-refractivity contribution in [2.45, 2.75) is 64.1 Å². The number of aryl methyl sites for hydroxylation is 2. The Kier molecular flexibility index (Phi) is 6.29. The largest absolute Gasteiger partial charge is 0.449 e. The van der Waals surface area contributed by atoms with Crippen LogP contribution in [0, 0.1) is 13.8 Å². The average molecular weight is 536 g/mol. The first-order valence-corrected chi connectivity index (χ1v) is 13.4. The van der Waals surface area contributed by atoms with Crippen molar-refractivity contribution >= 4 is 34.4 Å². The molecule has 1 aliphatic heterocycles. The Balaban J connectivity index is 1.47. The molecule has 2 aliphatic rings. The maximum absolute atomic E-state index is 13.1. The van der Waals surface area contributed by atoms with Gasteiger partial charge in [0.2, 0.25) is 0 Å². The fraction of sp³-hybridized carbons (Fsp3) is 0.414. The molecule has 0 N–H and O–H groups in total. The molecule has 0 bridgehead atoms. The summed E-state index contributed by atoms with van der Waals surface area (Å²) in [6.45, 7) is 4.18. The number of hydrogen-bond acceptors (Lipinski definition) is 6. The zero-order chi connectivity index (χ0) is 27.1. The van der Waals surface area contributed by atoms with Gasteiger partial charge >= 0.3 is 6.09 Å². The standard InChI is InChI=1S/C29H31ClN4O4/c1-17-27(18(2)38-32-17)19-4-13-25-24(16-19)31-28(33(25)21-9-11-23(36-3)12-10-21)26-14-15-37-29(35)34(26)22-7-5-20(30)6-8-22/h4-8,13,16,21,23,26H,9-12,14-15H2,1-3H3/i3D. The smallest absolute Gasteiger partial charge is 0.414 e. The van der Waals surface area contributed by atoms with Crippen LogP contribution in [0.4, 0.5) is 10.5 Å². The number of rotatable bonds is 5. The van der Waals surface area contributed by atoms with Crippen molar-refractivity contribution in [1.82, 2.24) is 14.7 Å². The molecule has 8 nitrogen and oxygen atoms in total. The van der Waals surface area contributed by atoms with Crippen LogP contribution in [0.1, 0.15) is 62.8 Å². The van der Waals surface area contributed by atoms with Crippen molar-refractivity contribution in [3.05, 3.63) is 64.8 Å². The monoisotopic (exact) mass is 535 g/mol. The molecule has 2 aromatic carbocycles. The first-order valence-electron chi connectivity index (χ1n) is 13.7. The Morgan fingerprint density at radius 1 is 1.08 bits per heavy atom. The van der Waals surface area contributed by atoms with Gasteiger partial charge in [0, 0.05) is 35.8 Å². The normalized spacial score (nSPS) is 22.5. The summed E-state index contributed by atoms with van der Waals surface area (Å²) in [5.41, 5.74) is 5.42. The van der Waals surface area contributed by atoms with E-state index >= 15 is 0 Å². The Morgan fingerprint density at radius 3 is 2.58 bits per heavy atom. The molecule has 6 rings (SSSR count). The van der Waals surface area contributed by atoms with Crippen LogP contribution in [-0.4, -0.2) is 40.6 Å². The van der Waals surface area contributed by atoms with Crippen molar-refractivity contribution in [2.24, 2.45) is 0 Å². The summed E-state index contributed by atoms with van der Waals surface area (Å²) in [7, 11) is -0.0146. The van der Waals surface area contributed by atoms with Crippen LogP contribution >= 0.6 is 11.6 Å². The minimum Gasteiger partial charge on any atom is -0.449 e. The third-order valence-corrected chi connectivity index (χ3v) is 8.06. The Morgan fingerprint density at radius 2 is 1.87 bits per heavy atom. The van der Waals surface area contributed by atoms with Crippen LogP contribution in [0.15, 0.2) is 47.0 Å². The van der Waals surface area contributed by atoms with Crippen molar-refractivity contribution in [1.29, 1.82) is 0 Å². The van der Waals surface area contributed by atoms with E-state index in [4.69, 9.17) is 32.0 Å². The number of hydrogen-bond donors (Lipinski definition) is 0. The molecule has 1 saturated heterocycles. The number of anilines is 1. The number of carbonyl (C=O) groups is 1. The van der Waals surface area contributed by atoms with Gasteiger partial charge in [-0.1, -0.05) is 22.8 Å². The van der Waals surface area contributed by atoms with Crippen molar-refractivity contribution in [3.63, 3.8) is 0 Å². The molecule has 38 heavy (non-hydrogen) atoms. The Bertz CT molecular complexity index is 1470. The van der Waals surface area contributed by atoms with Gasteiger partial charge in [0.15, 0.2) is 0 Å². The van der Waals surface area contributed by atoms with E-state index in [2.05, 4.69) is 27.9 Å². The number of imidazole rings is 1. The molecule has 2 fully saturated rings. The van der Waals surface area contributed by atoms with Gasteiger partial charge in [0.1, 0.15) is 17.6 Å². The van der Waals surface area contributed by atoms with Crippen LogP contribution in [0.3, 0.4) is 0 Å². The van der Waals surface area contributed by atoms with Gasteiger partial charge < -0.3 is 18.6 Å². The lowest BCUT2D eigenvalue weighted by Crippen LogP contribution is -2.42. The van der Waals surface area contributed by atoms with Gasteiger partial charge in [0.25, 0.3) is 0 Å². The number of aromatic nitrogens is 3. The third-order valence-electron chi connectivity index (χ3n) is 7.81. The van der Waals surface area contributed by atoms with Crippen LogP contribution < -0.4 is 4.90 Å². The lowest BCUT2D eigenvalue weighted by molar-refractivity contribution is 0.0582. The SMILES string of the molecule is [2H]COC1CCC(n2c(C3CCOC(=O)N3c3ccc(Cl)cc3)nc3cc(-c4c(C)noc4C)ccc32)CC1. The Labute approximate surface area is 227 Å². The zero-order valence-electron chi connectivity index (χ0n) is 22.5. The van der Waals surface area contributed by atoms with E-state index in [0.717, 1.165) is 70.8 Å². The first kappa shape index (κ1) is 23.7. The Hall–Kier alpha value is -3.36. The zero-order valence-corrected chi connectivity index (χ0v) is 22.3. The lowest BCUT2D eigenvalue weighted by atomic mass is 9.92. The quantitative estimate of drug-likeness (QED) is 0.269. The molecule has 1 amide bonds. The molecule has 198 valence electrons. The van der Waals surface area contributed by atoms with Gasteiger partial charge in [-0.3, -0.25) is 4.90 Å². The van der Waals surface area contributed by atoms with Crippen LogP contribution in [0.2, 0.25) is 5.02 Å². The van der Waals surface area contributed by atoms with Gasteiger partial charge in [0.05, 0.1) is 30.8 Å². The number of benzene rings is 2. The molecule has 1 aliphatic carbocycles. The fourth-order valence-electron chi connectivity index (χ4n) is 5.97. The van der Waals surface area contributed by atoms with Crippen molar-refractivity contribution in [3.8, 4) is 11.1 Å². The summed E-state index contributed by atoms with van der Waals surface area (Å²) >= 11 is 6.15. The number of halogens is 1. The molecule has 0 spiro atoms. The number of methoxy groups -OCH3 is 1. The van der Waals surface area contributed by atoms with Crippen LogP contribution in [0.25, 0.3) is 22.2 Å². The number of carbonyl (C=O) groups excluding carboxylic acids is 1. The summed E-state index contributed by atoms with van der Waals surface area (Å²) < 4.78 is 26.3. The van der Waals surface area contributed by atoms with Gasteiger partial charge in [-0.25, -0.2) is 9.78 Å². The van der Waals surface area contributed by atoms with Gasteiger partial charge in [-0.2, -0.15) is 0 Å². The second kappa shape index (κ2) is 10.1. The summed E-state index contributed by atoms with van der Waals surface area (Å²) in [4.78, 5) is 20.0. The highest BCUT2D eigenvalue weighted by molar-refractivity contribution is 6.30. The maximum Gasteiger partial charge on any atom is 0.414 e. The number of ether oxygens (including phenoxy) is 2. The van der Waals surface area contributed by atoms with E-state index in [1.807, 2.05) is 26.0 Å². The fourth-order valence-corrected chi connectivity index (χ4v) is 6.10. The molecule has 9 heteroatoms. The topological polar surface area (TPSA) is 82.6 Å². The van der Waals surface area contributed by atoms with E-state index in [9.17, 15) is 4.79 Å². The third kappa shape index (κ3) is 4.35. The van der Waals surface area contributed by atoms with Gasteiger partial charge in [-0.15, -0.1) is 0 Å². The minimum atomic E-state index is -0.392. The molecule has 1 unspecified atom stereocenters. The summed E-state index contributed by atoms with van der Waals surface area (Å²) in [6.07, 6.45) is 3.92. The molecular weight excluding hydrogens is 504 g/mol. The molecule has 1 atom stereocenters. The maximum atomic E-state index is 13.1. The second-order valence-corrected chi connectivity index (χ2v) is 10.5. The number of nitrogens with zero attached hydrogens (tertiary/aromatic N) is 4. The minimum absolute atomic E-state index is 0.0146. The number of amides is 1.